The molecule has 0 bridgehead atoms. The maximum atomic E-state index is 12.6. The van der Waals surface area contributed by atoms with E-state index in [1.165, 1.54) is 12.1 Å². The van der Waals surface area contributed by atoms with E-state index in [1.807, 2.05) is 0 Å². The third-order valence-electron chi connectivity index (χ3n) is 3.03. The summed E-state index contributed by atoms with van der Waals surface area (Å²) in [6, 6.07) is 6.56. The molecule has 0 amide bonds. The fourth-order valence-corrected chi connectivity index (χ4v) is 1.97. The van der Waals surface area contributed by atoms with Crippen molar-refractivity contribution in [1.29, 1.82) is 0 Å². The summed E-state index contributed by atoms with van der Waals surface area (Å²) in [5, 5.41) is 0. The third kappa shape index (κ3) is 1.35. The van der Waals surface area contributed by atoms with Gasteiger partial charge in [-0.05, 0) is 30.0 Å². The Balaban J connectivity index is 2.23. The maximum absolute atomic E-state index is 12.6. The van der Waals surface area contributed by atoms with Gasteiger partial charge in [0.15, 0.2) is 0 Å². The second kappa shape index (κ2) is 2.81. The molecule has 2 rings (SSSR count). The third-order valence-corrected chi connectivity index (χ3v) is 3.03. The normalized spacial score (nSPS) is 31.8. The smallest absolute Gasteiger partial charge is 0.123 e. The highest BCUT2D eigenvalue weighted by Gasteiger charge is 2.50. The van der Waals surface area contributed by atoms with Gasteiger partial charge >= 0.3 is 0 Å². The van der Waals surface area contributed by atoms with Crippen LogP contribution in [0.1, 0.15) is 25.3 Å². The first kappa shape index (κ1) is 8.70. The van der Waals surface area contributed by atoms with Gasteiger partial charge in [0.2, 0.25) is 0 Å². The quantitative estimate of drug-likeness (QED) is 0.741. The molecule has 1 saturated carbocycles. The van der Waals surface area contributed by atoms with Crippen LogP contribution in [0.5, 0.6) is 0 Å². The Labute approximate surface area is 77.8 Å². The van der Waals surface area contributed by atoms with Crippen LogP contribution >= 0.6 is 0 Å². The van der Waals surface area contributed by atoms with Crippen LogP contribution in [0.15, 0.2) is 24.3 Å². The Bertz CT molecular complexity index is 306. The Hall–Kier alpha value is -0.890. The van der Waals surface area contributed by atoms with Crippen LogP contribution in [0.4, 0.5) is 4.39 Å². The Morgan fingerprint density at radius 2 is 2.08 bits per heavy atom. The molecule has 2 heteroatoms. The lowest BCUT2D eigenvalue weighted by Crippen LogP contribution is -2.21. The largest absolute Gasteiger partial charge is 0.321 e. The van der Waals surface area contributed by atoms with Crippen molar-refractivity contribution >= 4 is 0 Å². The summed E-state index contributed by atoms with van der Waals surface area (Å²) in [7, 11) is 0. The molecule has 2 unspecified atom stereocenters. The molecule has 0 heterocycles. The summed E-state index contributed by atoms with van der Waals surface area (Å²) in [4.78, 5) is 0. The van der Waals surface area contributed by atoms with Crippen molar-refractivity contribution in [3.8, 4) is 0 Å². The van der Waals surface area contributed by atoms with Gasteiger partial charge in [0.25, 0.3) is 0 Å². The molecule has 1 aliphatic rings. The molecule has 0 spiro atoms. The summed E-state index contributed by atoms with van der Waals surface area (Å²) in [5.74, 6) is 0.388. The summed E-state index contributed by atoms with van der Waals surface area (Å²) in [5.41, 5.74) is 7.06. The van der Waals surface area contributed by atoms with Crippen LogP contribution < -0.4 is 5.73 Å². The number of benzene rings is 1. The minimum absolute atomic E-state index is 0.164. The van der Waals surface area contributed by atoms with Gasteiger partial charge in [-0.1, -0.05) is 25.5 Å². The van der Waals surface area contributed by atoms with Crippen LogP contribution in [-0.4, -0.2) is 0 Å². The van der Waals surface area contributed by atoms with Crippen LogP contribution in [-0.2, 0) is 5.54 Å². The standard InChI is InChI=1S/C11H14FN/c1-2-8-7-11(8,13)9-3-5-10(12)6-4-9/h3-6,8H,2,7,13H2,1H3. The zero-order chi connectivity index (χ0) is 9.47. The van der Waals surface area contributed by atoms with Gasteiger partial charge in [-0.2, -0.15) is 0 Å². The van der Waals surface area contributed by atoms with E-state index < -0.39 is 0 Å². The van der Waals surface area contributed by atoms with E-state index in [9.17, 15) is 4.39 Å². The lowest BCUT2D eigenvalue weighted by Gasteiger charge is -2.10. The van der Waals surface area contributed by atoms with E-state index in [0.29, 0.717) is 5.92 Å². The second-order valence-electron chi connectivity index (χ2n) is 3.86. The Morgan fingerprint density at radius 1 is 1.46 bits per heavy atom. The van der Waals surface area contributed by atoms with Crippen molar-refractivity contribution < 1.29 is 4.39 Å². The van der Waals surface area contributed by atoms with Crippen molar-refractivity contribution in [2.24, 2.45) is 11.7 Å². The minimum atomic E-state index is -0.193. The number of hydrogen-bond acceptors (Lipinski definition) is 1. The molecule has 1 fully saturated rings. The van der Waals surface area contributed by atoms with Crippen LogP contribution in [0, 0.1) is 11.7 Å². The summed E-state index contributed by atoms with van der Waals surface area (Å²) in [6.07, 6.45) is 2.14. The molecule has 0 saturated heterocycles. The highest BCUT2D eigenvalue weighted by atomic mass is 19.1. The minimum Gasteiger partial charge on any atom is -0.321 e. The van der Waals surface area contributed by atoms with Gasteiger partial charge in [0, 0.05) is 5.54 Å². The van der Waals surface area contributed by atoms with Crippen LogP contribution in [0.25, 0.3) is 0 Å². The van der Waals surface area contributed by atoms with Crippen molar-refractivity contribution in [3.05, 3.63) is 35.6 Å². The fourth-order valence-electron chi connectivity index (χ4n) is 1.97. The van der Waals surface area contributed by atoms with Gasteiger partial charge < -0.3 is 5.73 Å². The molecule has 2 N–H and O–H groups in total. The number of nitrogens with two attached hydrogens (primary N) is 1. The predicted octanol–water partition coefficient (Wildman–Crippen LogP) is 2.41. The van der Waals surface area contributed by atoms with E-state index >= 15 is 0 Å². The lowest BCUT2D eigenvalue weighted by molar-refractivity contribution is 0.604. The first-order chi connectivity index (χ1) is 6.16. The molecule has 1 aliphatic carbocycles. The molecule has 1 aromatic carbocycles. The fraction of sp³-hybridized carbons (Fsp3) is 0.455. The van der Waals surface area contributed by atoms with E-state index in [0.717, 1.165) is 18.4 Å². The zero-order valence-corrected chi connectivity index (χ0v) is 7.76. The topological polar surface area (TPSA) is 26.0 Å². The second-order valence-corrected chi connectivity index (χ2v) is 3.86. The van der Waals surface area contributed by atoms with Crippen molar-refractivity contribution in [2.45, 2.75) is 25.3 Å². The SMILES string of the molecule is CCC1CC1(N)c1ccc(F)cc1. The number of halogens is 1. The van der Waals surface area contributed by atoms with E-state index in [1.54, 1.807) is 12.1 Å². The monoisotopic (exact) mass is 179 g/mol. The van der Waals surface area contributed by atoms with Crippen molar-refractivity contribution in [3.63, 3.8) is 0 Å². The molecule has 2 atom stereocenters. The first-order valence-electron chi connectivity index (χ1n) is 4.71. The number of rotatable bonds is 2. The molecule has 13 heavy (non-hydrogen) atoms. The van der Waals surface area contributed by atoms with Gasteiger partial charge in [0.1, 0.15) is 5.82 Å². The molecule has 1 aromatic rings. The van der Waals surface area contributed by atoms with E-state index in [-0.39, 0.29) is 11.4 Å². The Kier molecular flexibility index (Phi) is 1.88. The van der Waals surface area contributed by atoms with Gasteiger partial charge in [0.05, 0.1) is 0 Å². The molecule has 0 aliphatic heterocycles. The zero-order valence-electron chi connectivity index (χ0n) is 7.76. The average molecular weight is 179 g/mol. The van der Waals surface area contributed by atoms with Gasteiger partial charge in [-0.3, -0.25) is 0 Å². The molecule has 1 nitrogen and oxygen atoms in total. The molecular formula is C11H14FN. The highest BCUT2D eigenvalue weighted by molar-refractivity contribution is 5.31. The lowest BCUT2D eigenvalue weighted by atomic mass is 10.0. The number of hydrogen-bond donors (Lipinski definition) is 1. The Morgan fingerprint density at radius 3 is 2.54 bits per heavy atom. The molecular weight excluding hydrogens is 165 g/mol. The van der Waals surface area contributed by atoms with E-state index in [4.69, 9.17) is 5.73 Å². The average Bonchev–Trinajstić information content (AvgIpc) is 2.80. The van der Waals surface area contributed by atoms with Gasteiger partial charge in [-0.25, -0.2) is 4.39 Å². The summed E-state index contributed by atoms with van der Waals surface area (Å²) in [6.45, 7) is 2.14. The maximum Gasteiger partial charge on any atom is 0.123 e. The van der Waals surface area contributed by atoms with Gasteiger partial charge in [-0.15, -0.1) is 0 Å². The van der Waals surface area contributed by atoms with Crippen LogP contribution in [0.2, 0.25) is 0 Å². The van der Waals surface area contributed by atoms with Crippen LogP contribution in [0.3, 0.4) is 0 Å². The van der Waals surface area contributed by atoms with E-state index in [2.05, 4.69) is 6.92 Å². The molecule has 0 aromatic heterocycles. The van der Waals surface area contributed by atoms with Crippen molar-refractivity contribution in [1.82, 2.24) is 0 Å². The molecule has 0 radical (unpaired) electrons. The molecule has 70 valence electrons. The first-order valence-corrected chi connectivity index (χ1v) is 4.71. The summed E-state index contributed by atoms with van der Waals surface area (Å²) < 4.78 is 12.6. The highest BCUT2D eigenvalue weighted by Crippen LogP contribution is 2.51. The predicted molar refractivity (Wildman–Crippen MR) is 50.7 cm³/mol. The summed E-state index contributed by atoms with van der Waals surface area (Å²) >= 11 is 0. The van der Waals surface area contributed by atoms with Crippen molar-refractivity contribution in [2.75, 3.05) is 0 Å².